The van der Waals surface area contributed by atoms with E-state index in [1.165, 1.54) is 36.4 Å². The lowest BCUT2D eigenvalue weighted by atomic mass is 10.1. The molecule has 0 saturated heterocycles. The van der Waals surface area contributed by atoms with Crippen LogP contribution in [0.1, 0.15) is 11.1 Å². The van der Waals surface area contributed by atoms with Gasteiger partial charge < -0.3 is 25.5 Å². The van der Waals surface area contributed by atoms with E-state index >= 15 is 0 Å². The Hall–Kier alpha value is -2.82. The first kappa shape index (κ1) is 12.6. The van der Waals surface area contributed by atoms with Crippen LogP contribution in [-0.2, 0) is 0 Å². The van der Waals surface area contributed by atoms with Crippen molar-refractivity contribution in [3.05, 3.63) is 41.5 Å². The van der Waals surface area contributed by atoms with Gasteiger partial charge in [0, 0.05) is 17.7 Å². The normalized spacial score (nSPS) is 10.9. The monoisotopic (exact) mass is 260 g/mol. The van der Waals surface area contributed by atoms with E-state index in [0.29, 0.717) is 5.56 Å². The summed E-state index contributed by atoms with van der Waals surface area (Å²) < 4.78 is 0. The molecule has 0 amide bonds. The minimum absolute atomic E-state index is 0.0857. The smallest absolute Gasteiger partial charge is 0.161 e. The molecule has 2 aromatic carbocycles. The molecule has 0 atom stereocenters. The number of phenols is 5. The molecule has 5 heteroatoms. The molecule has 0 heterocycles. The van der Waals surface area contributed by atoms with E-state index in [1.54, 1.807) is 0 Å². The molecule has 19 heavy (non-hydrogen) atoms. The topological polar surface area (TPSA) is 101 Å². The first-order valence-electron chi connectivity index (χ1n) is 5.42. The number of hydrogen-bond acceptors (Lipinski definition) is 5. The summed E-state index contributed by atoms with van der Waals surface area (Å²) in [5.41, 5.74) is 0.808. The maximum Gasteiger partial charge on any atom is 0.161 e. The summed E-state index contributed by atoms with van der Waals surface area (Å²) in [6.45, 7) is 0. The Morgan fingerprint density at radius 1 is 0.579 bits per heavy atom. The SMILES string of the molecule is Oc1cc(O)cc(/C=C\c2cc(O)c(O)cc2O)c1. The highest BCUT2D eigenvalue weighted by molar-refractivity contribution is 5.75. The van der Waals surface area contributed by atoms with Gasteiger partial charge in [0.1, 0.15) is 17.2 Å². The van der Waals surface area contributed by atoms with Gasteiger partial charge in [-0.1, -0.05) is 12.2 Å². The van der Waals surface area contributed by atoms with Gasteiger partial charge in [-0.15, -0.1) is 0 Å². The molecule has 0 aliphatic heterocycles. The minimum Gasteiger partial charge on any atom is -0.508 e. The van der Waals surface area contributed by atoms with Crippen LogP contribution in [0.15, 0.2) is 30.3 Å². The van der Waals surface area contributed by atoms with Gasteiger partial charge in [0.25, 0.3) is 0 Å². The van der Waals surface area contributed by atoms with Crippen molar-refractivity contribution in [3.8, 4) is 28.7 Å². The summed E-state index contributed by atoms with van der Waals surface area (Å²) in [6, 6.07) is 6.26. The zero-order valence-corrected chi connectivity index (χ0v) is 9.78. The van der Waals surface area contributed by atoms with E-state index in [0.717, 1.165) is 6.07 Å². The Bertz CT molecular complexity index is 626. The third-order valence-electron chi connectivity index (χ3n) is 2.50. The zero-order valence-electron chi connectivity index (χ0n) is 9.78. The Morgan fingerprint density at radius 3 is 1.79 bits per heavy atom. The van der Waals surface area contributed by atoms with Gasteiger partial charge in [-0.25, -0.2) is 0 Å². The molecule has 5 N–H and O–H groups in total. The largest absolute Gasteiger partial charge is 0.508 e. The molecule has 98 valence electrons. The Morgan fingerprint density at radius 2 is 1.16 bits per heavy atom. The lowest BCUT2D eigenvalue weighted by Crippen LogP contribution is -1.77. The van der Waals surface area contributed by atoms with Crippen molar-refractivity contribution in [2.75, 3.05) is 0 Å². The van der Waals surface area contributed by atoms with E-state index in [1.807, 2.05) is 0 Å². The molecule has 0 spiro atoms. The highest BCUT2D eigenvalue weighted by Crippen LogP contribution is 2.33. The summed E-state index contributed by atoms with van der Waals surface area (Å²) in [5.74, 6) is -1.13. The van der Waals surface area contributed by atoms with Crippen molar-refractivity contribution in [1.29, 1.82) is 0 Å². The van der Waals surface area contributed by atoms with Crippen LogP contribution in [0.5, 0.6) is 28.7 Å². The number of phenolic OH excluding ortho intramolecular Hbond substituents is 5. The Kier molecular flexibility index (Phi) is 3.20. The van der Waals surface area contributed by atoms with Crippen molar-refractivity contribution in [1.82, 2.24) is 0 Å². The van der Waals surface area contributed by atoms with Crippen LogP contribution in [0, 0.1) is 0 Å². The summed E-state index contributed by atoms with van der Waals surface area (Å²) >= 11 is 0. The number of aromatic hydroxyl groups is 5. The van der Waals surface area contributed by atoms with Gasteiger partial charge >= 0.3 is 0 Å². The average molecular weight is 260 g/mol. The molecule has 0 aromatic heterocycles. The summed E-state index contributed by atoms with van der Waals surface area (Å²) in [7, 11) is 0. The minimum atomic E-state index is -0.412. The lowest BCUT2D eigenvalue weighted by Gasteiger charge is -2.03. The van der Waals surface area contributed by atoms with Crippen LogP contribution in [0.4, 0.5) is 0 Å². The highest BCUT2D eigenvalue weighted by Gasteiger charge is 2.05. The number of hydrogen-bond donors (Lipinski definition) is 5. The van der Waals surface area contributed by atoms with Crippen molar-refractivity contribution in [2.45, 2.75) is 0 Å². The fourth-order valence-corrected chi connectivity index (χ4v) is 1.62. The predicted molar refractivity (Wildman–Crippen MR) is 70.1 cm³/mol. The van der Waals surface area contributed by atoms with Gasteiger partial charge in [-0.2, -0.15) is 0 Å². The van der Waals surface area contributed by atoms with Gasteiger partial charge in [-0.05, 0) is 23.8 Å². The summed E-state index contributed by atoms with van der Waals surface area (Å²) in [4.78, 5) is 0. The standard InChI is InChI=1S/C14H12O5/c15-10-3-8(4-11(16)6-10)1-2-9-5-13(18)14(19)7-12(9)17/h1-7,15-19H/b2-1-. The lowest BCUT2D eigenvalue weighted by molar-refractivity contribution is 0.396. The molecule has 0 fully saturated rings. The summed E-state index contributed by atoms with van der Waals surface area (Å²) in [6.07, 6.45) is 3.01. The van der Waals surface area contributed by atoms with E-state index in [2.05, 4.69) is 0 Å². The second kappa shape index (κ2) is 4.81. The van der Waals surface area contributed by atoms with E-state index in [9.17, 15) is 25.5 Å². The van der Waals surface area contributed by atoms with E-state index in [4.69, 9.17) is 0 Å². The van der Waals surface area contributed by atoms with Crippen molar-refractivity contribution in [2.24, 2.45) is 0 Å². The maximum atomic E-state index is 9.58. The van der Waals surface area contributed by atoms with Crippen molar-refractivity contribution >= 4 is 12.2 Å². The number of benzene rings is 2. The molecule has 0 aliphatic carbocycles. The van der Waals surface area contributed by atoms with Crippen LogP contribution in [0.3, 0.4) is 0 Å². The molecule has 2 rings (SSSR count). The average Bonchev–Trinajstić information content (AvgIpc) is 2.31. The first-order chi connectivity index (χ1) is 8.95. The zero-order chi connectivity index (χ0) is 14.0. The van der Waals surface area contributed by atoms with E-state index in [-0.39, 0.29) is 28.6 Å². The molecule has 0 saturated carbocycles. The number of rotatable bonds is 2. The fraction of sp³-hybridized carbons (Fsp3) is 0. The Labute approximate surface area is 108 Å². The molecule has 0 radical (unpaired) electrons. The quantitative estimate of drug-likeness (QED) is 0.324. The maximum absolute atomic E-state index is 9.58. The van der Waals surface area contributed by atoms with Crippen LogP contribution in [0.2, 0.25) is 0 Å². The molecule has 2 aromatic rings. The van der Waals surface area contributed by atoms with Crippen molar-refractivity contribution < 1.29 is 25.5 Å². The van der Waals surface area contributed by atoms with Gasteiger partial charge in [0.05, 0.1) is 0 Å². The van der Waals surface area contributed by atoms with Crippen LogP contribution < -0.4 is 0 Å². The van der Waals surface area contributed by atoms with Gasteiger partial charge in [0.15, 0.2) is 11.5 Å². The first-order valence-corrected chi connectivity index (χ1v) is 5.42. The second-order valence-electron chi connectivity index (χ2n) is 4.02. The molecular formula is C14H12O5. The predicted octanol–water partition coefficient (Wildman–Crippen LogP) is 2.39. The van der Waals surface area contributed by atoms with E-state index < -0.39 is 5.75 Å². The second-order valence-corrected chi connectivity index (χ2v) is 4.02. The third-order valence-corrected chi connectivity index (χ3v) is 2.50. The molecule has 5 nitrogen and oxygen atoms in total. The van der Waals surface area contributed by atoms with Crippen LogP contribution >= 0.6 is 0 Å². The van der Waals surface area contributed by atoms with Crippen LogP contribution in [-0.4, -0.2) is 25.5 Å². The van der Waals surface area contributed by atoms with Crippen LogP contribution in [0.25, 0.3) is 12.2 Å². The Balaban J connectivity index is 2.35. The van der Waals surface area contributed by atoms with Gasteiger partial charge in [0.2, 0.25) is 0 Å². The van der Waals surface area contributed by atoms with Gasteiger partial charge in [-0.3, -0.25) is 0 Å². The van der Waals surface area contributed by atoms with Crippen molar-refractivity contribution in [3.63, 3.8) is 0 Å². The molecule has 0 bridgehead atoms. The highest BCUT2D eigenvalue weighted by atomic mass is 16.3. The fourth-order valence-electron chi connectivity index (χ4n) is 1.62. The summed E-state index contributed by atoms with van der Waals surface area (Å²) in [5, 5.41) is 46.7. The molecular weight excluding hydrogens is 248 g/mol. The molecule has 0 unspecified atom stereocenters. The third kappa shape index (κ3) is 2.90. The molecule has 0 aliphatic rings.